The summed E-state index contributed by atoms with van der Waals surface area (Å²) in [5.74, 6) is -4.09. The van der Waals surface area contributed by atoms with Crippen LogP contribution in [-0.4, -0.2) is 194 Å². The molecule has 0 amide bonds. The van der Waals surface area contributed by atoms with Gasteiger partial charge in [-0.25, -0.2) is 4.79 Å². The second-order valence-corrected chi connectivity index (χ2v) is 2.86. The average Bonchev–Trinajstić information content (AvgIpc) is 2.28. The number of hydrogen-bond donors (Lipinski definition) is 3. The third-order valence-corrected chi connectivity index (χ3v) is 1.46. The number of carbonyl (C=O) groups excluding carboxylic acids is 4. The fourth-order valence-electron chi connectivity index (χ4n) is 0.703. The van der Waals surface area contributed by atoms with Crippen LogP contribution < -0.4 is 17.2 Å². The predicted octanol–water partition coefficient (Wildman–Crippen LogP) is -3.86. The van der Waals surface area contributed by atoms with Gasteiger partial charge in [-0.05, 0) is 0 Å². The third kappa shape index (κ3) is 19.4. The Morgan fingerprint density at radius 1 is 0.810 bits per heavy atom. The summed E-state index contributed by atoms with van der Waals surface area (Å²) < 4.78 is 8.30. The molecule has 0 aliphatic rings. The molecule has 0 bridgehead atoms. The van der Waals surface area contributed by atoms with E-state index in [4.69, 9.17) is 17.2 Å². The van der Waals surface area contributed by atoms with Crippen LogP contribution in [0.1, 0.15) is 17.8 Å². The van der Waals surface area contributed by atoms with Gasteiger partial charge < -0.3 is 38.1 Å². The van der Waals surface area contributed by atoms with Crippen molar-refractivity contribution >= 4 is 175 Å². The maximum Gasteiger partial charge on any atom is 2.00 e. The van der Waals surface area contributed by atoms with E-state index in [0.717, 1.165) is 0 Å². The maximum atomic E-state index is 11.1. The van der Waals surface area contributed by atoms with Gasteiger partial charge in [0, 0.05) is 0 Å². The van der Waals surface area contributed by atoms with E-state index in [9.17, 15) is 19.2 Å². The minimum Gasteiger partial charge on any atom is -1.00 e. The Balaban J connectivity index is -0.0000000194. The first-order chi connectivity index (χ1) is 7.90. The van der Waals surface area contributed by atoms with E-state index in [0.29, 0.717) is 0 Å². The van der Waals surface area contributed by atoms with Crippen molar-refractivity contribution < 1.29 is 40.1 Å². The third-order valence-electron chi connectivity index (χ3n) is 1.46. The van der Waals surface area contributed by atoms with E-state index in [1.165, 1.54) is 0 Å². The summed E-state index contributed by atoms with van der Waals surface area (Å²) in [4.78, 5) is 43.3. The molecule has 0 aliphatic heterocycles. The van der Waals surface area contributed by atoms with Crippen LogP contribution >= 0.6 is 0 Å². The summed E-state index contributed by atoms with van der Waals surface area (Å²) in [5, 5.41) is 0. The van der Waals surface area contributed by atoms with Crippen LogP contribution in [-0.2, 0) is 28.7 Å². The molecule has 0 heterocycles. The van der Waals surface area contributed by atoms with Gasteiger partial charge in [-0.1, -0.05) is 0 Å². The number of nitrogens with two attached hydrogens (primary N) is 3. The molecular formula is C8H21Ca4N3O6. The smallest absolute Gasteiger partial charge is 1.00 e. The standard InChI is InChI=1S/C8H13N3O6.4Ca.8H/c9-2-6(13)16-5(12)1-4(11)8(15)17-7(14)3-10;;;;;;;;;;;;/h4H,1-3,9-11H2;;;;;;;;;;;;/q;4*+2;8*-1. The largest absolute Gasteiger partial charge is 2.00 e. The molecule has 0 aromatic heterocycles. The summed E-state index contributed by atoms with van der Waals surface area (Å²) >= 11 is 0. The molecule has 1 unspecified atom stereocenters. The summed E-state index contributed by atoms with van der Waals surface area (Å²) in [7, 11) is 0. The van der Waals surface area contributed by atoms with Gasteiger partial charge in [0.25, 0.3) is 0 Å². The Kier molecular flexibility index (Phi) is 35.7. The van der Waals surface area contributed by atoms with E-state index in [1.54, 1.807) is 0 Å². The summed E-state index contributed by atoms with van der Waals surface area (Å²) in [6.07, 6.45) is -0.609. The minimum atomic E-state index is -1.41. The van der Waals surface area contributed by atoms with Crippen LogP contribution in [0.5, 0.6) is 0 Å². The normalized spacial score (nSPS) is 9.29. The number of rotatable bonds is 5. The van der Waals surface area contributed by atoms with Crippen molar-refractivity contribution in [2.45, 2.75) is 12.5 Å². The molecule has 0 aromatic rings. The van der Waals surface area contributed by atoms with E-state index in [1.807, 2.05) is 0 Å². The number of ether oxygens (including phenoxy) is 2. The summed E-state index contributed by atoms with van der Waals surface area (Å²) in [6, 6.07) is -1.41. The fraction of sp³-hybridized carbons (Fsp3) is 0.500. The summed E-state index contributed by atoms with van der Waals surface area (Å²) in [6.45, 7) is -0.967. The second-order valence-electron chi connectivity index (χ2n) is 2.86. The first-order valence-corrected chi connectivity index (χ1v) is 4.54. The van der Waals surface area contributed by atoms with Crippen LogP contribution in [0, 0.1) is 0 Å². The molecule has 0 fully saturated rings. The average molecular weight is 416 g/mol. The molecule has 0 aromatic carbocycles. The van der Waals surface area contributed by atoms with Crippen LogP contribution in [0.4, 0.5) is 0 Å². The van der Waals surface area contributed by atoms with E-state index < -0.39 is 49.4 Å². The Bertz CT molecular complexity index is 369. The zero-order valence-electron chi connectivity index (χ0n) is 19.7. The Morgan fingerprint density at radius 3 is 1.57 bits per heavy atom. The fourth-order valence-corrected chi connectivity index (χ4v) is 0.703. The van der Waals surface area contributed by atoms with Gasteiger partial charge >= 0.3 is 175 Å². The van der Waals surface area contributed by atoms with Gasteiger partial charge in [0.15, 0.2) is 0 Å². The van der Waals surface area contributed by atoms with E-state index in [2.05, 4.69) is 9.47 Å². The van der Waals surface area contributed by atoms with Gasteiger partial charge in [-0.2, -0.15) is 0 Å². The van der Waals surface area contributed by atoms with Gasteiger partial charge in [0.05, 0.1) is 19.5 Å². The van der Waals surface area contributed by atoms with Crippen molar-refractivity contribution in [1.82, 2.24) is 0 Å². The first-order valence-electron chi connectivity index (χ1n) is 4.54. The van der Waals surface area contributed by atoms with Gasteiger partial charge in [-0.3, -0.25) is 14.4 Å². The SMILES string of the molecule is NCC(=O)OC(=O)CC(N)C(=O)OC(=O)CN.[Ca+2].[Ca+2].[Ca+2].[Ca+2].[H-].[H-].[H-].[H-].[H-].[H-].[H-].[H-]. The molecular weight excluding hydrogens is 394 g/mol. The topological polar surface area (TPSA) is 165 Å². The van der Waals surface area contributed by atoms with Gasteiger partial charge in [0.2, 0.25) is 0 Å². The molecule has 112 valence electrons. The van der Waals surface area contributed by atoms with Crippen LogP contribution in [0.25, 0.3) is 0 Å². The van der Waals surface area contributed by atoms with Crippen molar-refractivity contribution in [1.29, 1.82) is 0 Å². The van der Waals surface area contributed by atoms with Gasteiger partial charge in [-0.15, -0.1) is 0 Å². The van der Waals surface area contributed by atoms with Crippen LogP contribution in [0.15, 0.2) is 0 Å². The molecule has 6 N–H and O–H groups in total. The van der Waals surface area contributed by atoms with Crippen LogP contribution in [0.3, 0.4) is 0 Å². The number of hydrogen-bond acceptors (Lipinski definition) is 9. The van der Waals surface area contributed by atoms with Crippen molar-refractivity contribution in [2.75, 3.05) is 13.1 Å². The molecule has 0 spiro atoms. The molecule has 0 saturated carbocycles. The molecule has 1 atom stereocenters. The van der Waals surface area contributed by atoms with Crippen molar-refractivity contribution in [3.63, 3.8) is 0 Å². The zero-order chi connectivity index (χ0) is 13.4. The summed E-state index contributed by atoms with van der Waals surface area (Å²) in [5.41, 5.74) is 15.0. The Hall–Kier alpha value is 3.20. The second kappa shape index (κ2) is 21.2. The maximum absolute atomic E-state index is 11.1. The van der Waals surface area contributed by atoms with Crippen molar-refractivity contribution in [3.05, 3.63) is 0 Å². The van der Waals surface area contributed by atoms with E-state index >= 15 is 0 Å². The quantitative estimate of drug-likeness (QED) is 0.231. The first kappa shape index (κ1) is 35.3. The zero-order valence-corrected chi connectivity index (χ0v) is 20.5. The molecule has 9 nitrogen and oxygen atoms in total. The Labute approximate surface area is 253 Å². The Morgan fingerprint density at radius 2 is 1.19 bits per heavy atom. The molecule has 0 rings (SSSR count). The molecule has 0 aliphatic carbocycles. The van der Waals surface area contributed by atoms with Gasteiger partial charge in [0.1, 0.15) is 6.04 Å². The monoisotopic (exact) mass is 415 g/mol. The molecule has 21 heavy (non-hydrogen) atoms. The molecule has 13 heteroatoms. The van der Waals surface area contributed by atoms with Crippen molar-refractivity contribution in [2.24, 2.45) is 17.2 Å². The van der Waals surface area contributed by atoms with Crippen LogP contribution in [0.2, 0.25) is 0 Å². The minimum absolute atomic E-state index is 0. The predicted molar refractivity (Wildman–Crippen MR) is 84.8 cm³/mol. The van der Waals surface area contributed by atoms with Crippen molar-refractivity contribution in [3.8, 4) is 0 Å². The number of carbonyl (C=O) groups is 4. The van der Waals surface area contributed by atoms with E-state index in [-0.39, 0.29) is 162 Å². The molecule has 0 radical (unpaired) electrons. The number of esters is 4. The molecule has 0 saturated heterocycles.